The SMILES string of the molecule is COc1cc(-c2nnc(SCc3ccc(C)cc3)o2)ccc1O. The van der Waals surface area contributed by atoms with Crippen LogP contribution in [0.5, 0.6) is 11.5 Å². The number of thioether (sulfide) groups is 1. The first-order valence-electron chi connectivity index (χ1n) is 7.05. The average molecular weight is 328 g/mol. The number of hydrogen-bond donors (Lipinski definition) is 1. The van der Waals surface area contributed by atoms with Crippen LogP contribution in [0.15, 0.2) is 52.1 Å². The zero-order chi connectivity index (χ0) is 16.2. The lowest BCUT2D eigenvalue weighted by Gasteiger charge is -2.03. The van der Waals surface area contributed by atoms with Gasteiger partial charge in [-0.05, 0) is 30.7 Å². The molecule has 0 aliphatic rings. The van der Waals surface area contributed by atoms with Crippen molar-refractivity contribution in [1.29, 1.82) is 0 Å². The molecule has 0 aliphatic carbocycles. The molecular formula is C17H16N2O3S. The third-order valence-electron chi connectivity index (χ3n) is 3.32. The number of aromatic nitrogens is 2. The van der Waals surface area contributed by atoms with Crippen LogP contribution in [0, 0.1) is 6.92 Å². The van der Waals surface area contributed by atoms with Crippen molar-refractivity contribution < 1.29 is 14.3 Å². The first-order chi connectivity index (χ1) is 11.2. The van der Waals surface area contributed by atoms with Crippen molar-refractivity contribution in [1.82, 2.24) is 10.2 Å². The maximum absolute atomic E-state index is 9.62. The van der Waals surface area contributed by atoms with E-state index in [4.69, 9.17) is 9.15 Å². The van der Waals surface area contributed by atoms with Gasteiger partial charge < -0.3 is 14.3 Å². The Kier molecular flexibility index (Phi) is 4.52. The molecule has 0 saturated heterocycles. The molecular weight excluding hydrogens is 312 g/mol. The highest BCUT2D eigenvalue weighted by atomic mass is 32.2. The number of phenolic OH excluding ortho intramolecular Hbond substituents is 1. The van der Waals surface area contributed by atoms with Gasteiger partial charge in [0.1, 0.15) is 0 Å². The van der Waals surface area contributed by atoms with Crippen molar-refractivity contribution in [3.05, 3.63) is 53.6 Å². The molecule has 1 N–H and O–H groups in total. The van der Waals surface area contributed by atoms with Crippen molar-refractivity contribution in [3.8, 4) is 23.0 Å². The zero-order valence-electron chi connectivity index (χ0n) is 12.8. The summed E-state index contributed by atoms with van der Waals surface area (Å²) in [6.07, 6.45) is 0. The maximum atomic E-state index is 9.62. The first-order valence-corrected chi connectivity index (χ1v) is 8.03. The minimum Gasteiger partial charge on any atom is -0.504 e. The summed E-state index contributed by atoms with van der Waals surface area (Å²) >= 11 is 1.49. The molecule has 3 rings (SSSR count). The van der Waals surface area contributed by atoms with E-state index in [0.29, 0.717) is 22.4 Å². The van der Waals surface area contributed by atoms with Gasteiger partial charge in [0.15, 0.2) is 11.5 Å². The van der Waals surface area contributed by atoms with Crippen LogP contribution in [0.3, 0.4) is 0 Å². The molecule has 5 nitrogen and oxygen atoms in total. The van der Waals surface area contributed by atoms with E-state index in [0.717, 1.165) is 5.75 Å². The number of aromatic hydroxyl groups is 1. The van der Waals surface area contributed by atoms with E-state index in [2.05, 4.69) is 41.4 Å². The predicted molar refractivity (Wildman–Crippen MR) is 88.7 cm³/mol. The third kappa shape index (κ3) is 3.65. The number of benzene rings is 2. The fraction of sp³-hybridized carbons (Fsp3) is 0.176. The van der Waals surface area contributed by atoms with Gasteiger partial charge in [0.2, 0.25) is 5.89 Å². The Morgan fingerprint density at radius 3 is 2.65 bits per heavy atom. The molecule has 1 aromatic heterocycles. The van der Waals surface area contributed by atoms with Crippen LogP contribution in [-0.4, -0.2) is 22.4 Å². The Morgan fingerprint density at radius 2 is 1.91 bits per heavy atom. The Morgan fingerprint density at radius 1 is 1.13 bits per heavy atom. The molecule has 0 spiro atoms. The summed E-state index contributed by atoms with van der Waals surface area (Å²) in [7, 11) is 1.50. The van der Waals surface area contributed by atoms with Crippen LogP contribution in [0.4, 0.5) is 0 Å². The molecule has 0 radical (unpaired) electrons. The lowest BCUT2D eigenvalue weighted by molar-refractivity contribution is 0.373. The Hall–Kier alpha value is -2.47. The van der Waals surface area contributed by atoms with Gasteiger partial charge in [0, 0.05) is 11.3 Å². The number of aryl methyl sites for hydroxylation is 1. The van der Waals surface area contributed by atoms with E-state index in [1.54, 1.807) is 12.1 Å². The summed E-state index contributed by atoms with van der Waals surface area (Å²) in [4.78, 5) is 0. The number of hydrogen-bond acceptors (Lipinski definition) is 6. The van der Waals surface area contributed by atoms with Crippen molar-refractivity contribution in [2.75, 3.05) is 7.11 Å². The first kappa shape index (κ1) is 15.4. The molecule has 0 amide bonds. The Labute approximate surface area is 138 Å². The fourth-order valence-corrected chi connectivity index (χ4v) is 2.74. The zero-order valence-corrected chi connectivity index (χ0v) is 13.6. The van der Waals surface area contributed by atoms with Crippen LogP contribution in [-0.2, 0) is 5.75 Å². The predicted octanol–water partition coefficient (Wildman–Crippen LogP) is 4.05. The van der Waals surface area contributed by atoms with Gasteiger partial charge in [-0.15, -0.1) is 10.2 Å². The Balaban J connectivity index is 1.71. The van der Waals surface area contributed by atoms with Crippen LogP contribution in [0.1, 0.15) is 11.1 Å². The van der Waals surface area contributed by atoms with Crippen molar-refractivity contribution in [2.45, 2.75) is 17.9 Å². The number of rotatable bonds is 5. The van der Waals surface area contributed by atoms with Crippen molar-refractivity contribution >= 4 is 11.8 Å². The summed E-state index contributed by atoms with van der Waals surface area (Å²) in [6, 6.07) is 13.2. The Bertz CT molecular complexity index is 800. The number of methoxy groups -OCH3 is 1. The minimum atomic E-state index is 0.0738. The van der Waals surface area contributed by atoms with Crippen LogP contribution >= 0.6 is 11.8 Å². The molecule has 0 bridgehead atoms. The molecule has 6 heteroatoms. The largest absolute Gasteiger partial charge is 0.504 e. The summed E-state index contributed by atoms with van der Waals surface area (Å²) in [5.74, 6) is 1.61. The second-order valence-corrected chi connectivity index (χ2v) is 5.96. The summed E-state index contributed by atoms with van der Waals surface area (Å²) in [5, 5.41) is 18.2. The normalized spacial score (nSPS) is 10.7. The summed E-state index contributed by atoms with van der Waals surface area (Å²) in [5.41, 5.74) is 3.14. The van der Waals surface area contributed by atoms with Crippen molar-refractivity contribution in [3.63, 3.8) is 0 Å². The van der Waals surface area contributed by atoms with Gasteiger partial charge in [-0.1, -0.05) is 41.6 Å². The topological polar surface area (TPSA) is 68.4 Å². The lowest BCUT2D eigenvalue weighted by atomic mass is 10.2. The summed E-state index contributed by atoms with van der Waals surface area (Å²) in [6.45, 7) is 2.06. The summed E-state index contributed by atoms with van der Waals surface area (Å²) < 4.78 is 10.7. The molecule has 3 aromatic rings. The molecule has 0 atom stereocenters. The van der Waals surface area contributed by atoms with Gasteiger partial charge >= 0.3 is 0 Å². The second-order valence-electron chi connectivity index (χ2n) is 5.03. The molecule has 118 valence electrons. The molecule has 23 heavy (non-hydrogen) atoms. The van der Waals surface area contributed by atoms with Crippen molar-refractivity contribution in [2.24, 2.45) is 0 Å². The number of phenols is 1. The van der Waals surface area contributed by atoms with Gasteiger partial charge in [-0.2, -0.15) is 0 Å². The lowest BCUT2D eigenvalue weighted by Crippen LogP contribution is -1.85. The number of nitrogens with zero attached hydrogens (tertiary/aromatic N) is 2. The molecule has 1 heterocycles. The maximum Gasteiger partial charge on any atom is 0.277 e. The van der Waals surface area contributed by atoms with E-state index >= 15 is 0 Å². The van der Waals surface area contributed by atoms with Crippen LogP contribution in [0.2, 0.25) is 0 Å². The van der Waals surface area contributed by atoms with Gasteiger partial charge in [-0.25, -0.2) is 0 Å². The van der Waals surface area contributed by atoms with Crippen LogP contribution in [0.25, 0.3) is 11.5 Å². The standard InChI is InChI=1S/C17H16N2O3S/c1-11-3-5-12(6-4-11)10-23-17-19-18-16(22-17)13-7-8-14(20)15(9-13)21-2/h3-9,20H,10H2,1-2H3. The highest BCUT2D eigenvalue weighted by molar-refractivity contribution is 7.98. The minimum absolute atomic E-state index is 0.0738. The fourth-order valence-electron chi connectivity index (χ4n) is 2.02. The molecule has 2 aromatic carbocycles. The van der Waals surface area contributed by atoms with E-state index < -0.39 is 0 Å². The quantitative estimate of drug-likeness (QED) is 0.713. The van der Waals surface area contributed by atoms with E-state index in [1.807, 2.05) is 0 Å². The van der Waals surface area contributed by atoms with Gasteiger partial charge in [0.05, 0.1) is 7.11 Å². The smallest absolute Gasteiger partial charge is 0.277 e. The monoisotopic (exact) mass is 328 g/mol. The van der Waals surface area contributed by atoms with Crippen LogP contribution < -0.4 is 4.74 Å². The molecule has 0 saturated carbocycles. The molecule has 0 fully saturated rings. The van der Waals surface area contributed by atoms with E-state index in [-0.39, 0.29) is 5.75 Å². The highest BCUT2D eigenvalue weighted by Gasteiger charge is 2.12. The van der Waals surface area contributed by atoms with Gasteiger partial charge in [-0.3, -0.25) is 0 Å². The number of ether oxygens (including phenoxy) is 1. The third-order valence-corrected chi connectivity index (χ3v) is 4.21. The molecule has 0 aliphatic heterocycles. The second kappa shape index (κ2) is 6.75. The highest BCUT2D eigenvalue weighted by Crippen LogP contribution is 2.32. The van der Waals surface area contributed by atoms with Gasteiger partial charge in [0.25, 0.3) is 5.22 Å². The average Bonchev–Trinajstić information content (AvgIpc) is 3.04. The van der Waals surface area contributed by atoms with E-state index in [1.165, 1.54) is 36.1 Å². The molecule has 0 unspecified atom stereocenters. The van der Waals surface area contributed by atoms with E-state index in [9.17, 15) is 5.11 Å².